The Morgan fingerprint density at radius 2 is 1.86 bits per heavy atom. The van der Waals surface area contributed by atoms with E-state index in [9.17, 15) is 9.59 Å². The van der Waals surface area contributed by atoms with E-state index < -0.39 is 12.0 Å². The second-order valence-electron chi connectivity index (χ2n) is 8.39. The first-order valence-corrected chi connectivity index (χ1v) is 13.4. The highest BCUT2D eigenvalue weighted by Gasteiger charge is 2.33. The highest BCUT2D eigenvalue weighted by molar-refractivity contribution is 7.98. The van der Waals surface area contributed by atoms with E-state index in [0.29, 0.717) is 37.7 Å². The summed E-state index contributed by atoms with van der Waals surface area (Å²) in [5, 5.41) is 0. The summed E-state index contributed by atoms with van der Waals surface area (Å²) in [5.41, 5.74) is 2.16. The number of aromatic nitrogens is 1. The molecule has 1 atom stereocenters. The van der Waals surface area contributed by atoms with E-state index in [1.807, 2.05) is 42.7 Å². The van der Waals surface area contributed by atoms with Crippen LogP contribution in [0, 0.1) is 0 Å². The predicted molar refractivity (Wildman–Crippen MR) is 143 cm³/mol. The molecule has 0 bridgehead atoms. The molecule has 2 aromatic carbocycles. The molecule has 36 heavy (non-hydrogen) atoms. The van der Waals surface area contributed by atoms with Gasteiger partial charge in [-0.1, -0.05) is 35.6 Å². The molecule has 7 nitrogen and oxygen atoms in total. The quantitative estimate of drug-likeness (QED) is 0.344. The Kier molecular flexibility index (Phi) is 7.70. The van der Waals surface area contributed by atoms with E-state index in [-0.39, 0.29) is 11.7 Å². The van der Waals surface area contributed by atoms with Gasteiger partial charge in [0.05, 0.1) is 42.2 Å². The lowest BCUT2D eigenvalue weighted by Gasteiger charge is -2.25. The van der Waals surface area contributed by atoms with Crippen molar-refractivity contribution < 1.29 is 19.0 Å². The minimum Gasteiger partial charge on any atom is -0.493 e. The number of hydrogen-bond acceptors (Lipinski definition) is 8. The van der Waals surface area contributed by atoms with Crippen molar-refractivity contribution in [1.82, 2.24) is 4.57 Å². The Hall–Kier alpha value is -3.30. The maximum absolute atomic E-state index is 13.8. The van der Waals surface area contributed by atoms with Gasteiger partial charge in [0.1, 0.15) is 0 Å². The van der Waals surface area contributed by atoms with E-state index in [0.717, 1.165) is 10.5 Å². The van der Waals surface area contributed by atoms with Crippen molar-refractivity contribution in [2.24, 2.45) is 4.99 Å². The van der Waals surface area contributed by atoms with Crippen LogP contribution >= 0.6 is 23.1 Å². The summed E-state index contributed by atoms with van der Waals surface area (Å²) in [6.07, 6.45) is 3.47. The first kappa shape index (κ1) is 25.8. The predicted octanol–water partition coefficient (Wildman–Crippen LogP) is 3.93. The zero-order chi connectivity index (χ0) is 26.0. The number of para-hydroxylation sites is 1. The number of thioether (sulfide) groups is 1. The van der Waals surface area contributed by atoms with Gasteiger partial charge in [-0.3, -0.25) is 9.36 Å². The molecule has 1 aliphatic rings. The lowest BCUT2D eigenvalue weighted by atomic mass is 9.96. The summed E-state index contributed by atoms with van der Waals surface area (Å²) < 4.78 is 18.6. The molecule has 0 saturated heterocycles. The summed E-state index contributed by atoms with van der Waals surface area (Å²) >= 11 is 2.89. The fourth-order valence-electron chi connectivity index (χ4n) is 4.13. The van der Waals surface area contributed by atoms with Crippen LogP contribution < -0.4 is 24.4 Å². The molecule has 0 saturated carbocycles. The van der Waals surface area contributed by atoms with Gasteiger partial charge in [-0.2, -0.15) is 0 Å². The Morgan fingerprint density at radius 3 is 2.47 bits per heavy atom. The van der Waals surface area contributed by atoms with Crippen molar-refractivity contribution in [3.05, 3.63) is 84.5 Å². The largest absolute Gasteiger partial charge is 0.493 e. The van der Waals surface area contributed by atoms with Crippen LogP contribution in [0.5, 0.6) is 11.5 Å². The molecule has 9 heteroatoms. The van der Waals surface area contributed by atoms with Crippen LogP contribution in [0.25, 0.3) is 6.08 Å². The standard InChI is InChI=1S/C27H28N2O5S2/c1-15(2)34-26(31)22-16(3)28-27-29(23(22)17-10-12-19(35-6)13-11-17)25(30)21(36-27)14-18-8-7-9-20(32-4)24(18)33-5/h7-15,23H,1-6H3/b21-14-/t23-/m0/s1. The molecule has 0 spiro atoms. The minimum absolute atomic E-state index is 0.245. The average Bonchev–Trinajstić information content (AvgIpc) is 3.16. The lowest BCUT2D eigenvalue weighted by molar-refractivity contribution is -0.143. The fourth-order valence-corrected chi connectivity index (χ4v) is 5.57. The summed E-state index contributed by atoms with van der Waals surface area (Å²) in [5.74, 6) is 0.627. The van der Waals surface area contributed by atoms with Crippen LogP contribution in [-0.2, 0) is 9.53 Å². The van der Waals surface area contributed by atoms with Crippen molar-refractivity contribution in [1.29, 1.82) is 0 Å². The average molecular weight is 525 g/mol. The number of rotatable bonds is 7. The zero-order valence-corrected chi connectivity index (χ0v) is 22.7. The number of nitrogens with zero attached hydrogens (tertiary/aromatic N) is 2. The molecule has 1 aromatic heterocycles. The molecule has 0 aliphatic carbocycles. The molecule has 2 heterocycles. The van der Waals surface area contributed by atoms with Crippen molar-refractivity contribution in [2.75, 3.05) is 20.5 Å². The molecule has 3 aromatic rings. The summed E-state index contributed by atoms with van der Waals surface area (Å²) in [6.45, 7) is 5.38. The Morgan fingerprint density at radius 1 is 1.14 bits per heavy atom. The number of esters is 1. The maximum atomic E-state index is 13.8. The van der Waals surface area contributed by atoms with Gasteiger partial charge >= 0.3 is 5.97 Å². The zero-order valence-electron chi connectivity index (χ0n) is 21.0. The van der Waals surface area contributed by atoms with E-state index >= 15 is 0 Å². The van der Waals surface area contributed by atoms with E-state index in [1.54, 1.807) is 63.5 Å². The van der Waals surface area contributed by atoms with Crippen molar-refractivity contribution in [3.63, 3.8) is 0 Å². The first-order chi connectivity index (χ1) is 17.3. The minimum atomic E-state index is -0.655. The van der Waals surface area contributed by atoms with Gasteiger partial charge in [0.25, 0.3) is 5.56 Å². The van der Waals surface area contributed by atoms with Crippen molar-refractivity contribution in [2.45, 2.75) is 37.8 Å². The maximum Gasteiger partial charge on any atom is 0.338 e. The van der Waals surface area contributed by atoms with Crippen molar-refractivity contribution >= 4 is 35.1 Å². The number of benzene rings is 2. The number of carbonyl (C=O) groups excluding carboxylic acids is 1. The molecule has 1 aliphatic heterocycles. The fraction of sp³-hybridized carbons (Fsp3) is 0.296. The van der Waals surface area contributed by atoms with Gasteiger partial charge in [-0.15, -0.1) is 11.8 Å². The third-order valence-corrected chi connectivity index (χ3v) is 7.46. The number of ether oxygens (including phenoxy) is 3. The van der Waals surface area contributed by atoms with Crippen LogP contribution in [0.3, 0.4) is 0 Å². The number of carbonyl (C=O) groups is 1. The molecular formula is C27H28N2O5S2. The summed E-state index contributed by atoms with van der Waals surface area (Å²) in [7, 11) is 3.13. The number of thiazole rings is 1. The Labute approximate surface area is 217 Å². The number of allylic oxidation sites excluding steroid dienone is 1. The van der Waals surface area contributed by atoms with Crippen LogP contribution in [-0.4, -0.2) is 37.1 Å². The third kappa shape index (κ3) is 4.85. The van der Waals surface area contributed by atoms with Crippen LogP contribution in [0.2, 0.25) is 0 Å². The number of hydrogen-bond donors (Lipinski definition) is 0. The van der Waals surface area contributed by atoms with Gasteiger partial charge in [0.2, 0.25) is 0 Å². The highest BCUT2D eigenvalue weighted by atomic mass is 32.2. The Balaban J connectivity index is 1.95. The van der Waals surface area contributed by atoms with Gasteiger partial charge in [0.15, 0.2) is 16.3 Å². The molecule has 4 rings (SSSR count). The second kappa shape index (κ2) is 10.8. The summed E-state index contributed by atoms with van der Waals surface area (Å²) in [4.78, 5) is 33.3. The van der Waals surface area contributed by atoms with E-state index in [2.05, 4.69) is 4.99 Å². The Bertz CT molecular complexity index is 1500. The van der Waals surface area contributed by atoms with Crippen molar-refractivity contribution in [3.8, 4) is 11.5 Å². The second-order valence-corrected chi connectivity index (χ2v) is 10.3. The first-order valence-electron chi connectivity index (χ1n) is 11.4. The molecule has 0 amide bonds. The van der Waals surface area contributed by atoms with Gasteiger partial charge in [-0.05, 0) is 56.9 Å². The van der Waals surface area contributed by atoms with E-state index in [1.165, 1.54) is 11.3 Å². The highest BCUT2D eigenvalue weighted by Crippen LogP contribution is 2.33. The SMILES string of the molecule is COc1cccc(/C=c2\sc3n(c2=O)[C@@H](c2ccc(SC)cc2)C(C(=O)OC(C)C)=C(C)N=3)c1OC. The topological polar surface area (TPSA) is 79.1 Å². The van der Waals surface area contributed by atoms with E-state index in [4.69, 9.17) is 14.2 Å². The number of methoxy groups -OCH3 is 2. The normalized spacial score (nSPS) is 15.5. The molecule has 0 radical (unpaired) electrons. The summed E-state index contributed by atoms with van der Waals surface area (Å²) in [6, 6.07) is 12.7. The monoisotopic (exact) mass is 524 g/mol. The molecule has 188 valence electrons. The molecule has 0 fully saturated rings. The van der Waals surface area contributed by atoms with Crippen LogP contribution in [0.1, 0.15) is 37.9 Å². The third-order valence-electron chi connectivity index (χ3n) is 5.74. The van der Waals surface area contributed by atoms with Gasteiger partial charge in [0, 0.05) is 10.5 Å². The van der Waals surface area contributed by atoms with Crippen LogP contribution in [0.15, 0.2) is 68.4 Å². The van der Waals surface area contributed by atoms with Gasteiger partial charge in [-0.25, -0.2) is 9.79 Å². The van der Waals surface area contributed by atoms with Gasteiger partial charge < -0.3 is 14.2 Å². The van der Waals surface area contributed by atoms with Crippen LogP contribution in [0.4, 0.5) is 0 Å². The molecule has 0 N–H and O–H groups in total. The molecule has 0 unspecified atom stereocenters. The number of fused-ring (bicyclic) bond motifs is 1. The molecular weight excluding hydrogens is 496 g/mol. The smallest absolute Gasteiger partial charge is 0.338 e. The lowest BCUT2D eigenvalue weighted by Crippen LogP contribution is -2.40.